The molecule has 0 unspecified atom stereocenters. The van der Waals surface area contributed by atoms with Crippen molar-refractivity contribution in [2.24, 2.45) is 0 Å². The highest BCUT2D eigenvalue weighted by Crippen LogP contribution is 2.26. The van der Waals surface area contributed by atoms with Gasteiger partial charge in [0.05, 0.1) is 0 Å². The largest absolute Gasteiger partial charge is 0.321 e. The lowest BCUT2D eigenvalue weighted by Gasteiger charge is -2.13. The van der Waals surface area contributed by atoms with E-state index >= 15 is 0 Å². The fourth-order valence-electron chi connectivity index (χ4n) is 3.47. The first-order valence-corrected chi connectivity index (χ1v) is 9.57. The number of hydrogen-bond acceptors (Lipinski definition) is 2. The van der Waals surface area contributed by atoms with Gasteiger partial charge in [-0.25, -0.2) is 0 Å². The average molecular weight is 383 g/mol. The van der Waals surface area contributed by atoms with Crippen LogP contribution in [0, 0.1) is 45.9 Å². The summed E-state index contributed by atoms with van der Waals surface area (Å²) < 4.78 is 2.17. The lowest BCUT2D eigenvalue weighted by molar-refractivity contribution is -0.112. The van der Waals surface area contributed by atoms with Crippen molar-refractivity contribution in [3.05, 3.63) is 87.7 Å². The van der Waals surface area contributed by atoms with E-state index in [9.17, 15) is 10.1 Å². The first-order valence-electron chi connectivity index (χ1n) is 9.57. The van der Waals surface area contributed by atoms with E-state index in [1.165, 1.54) is 11.1 Å². The number of anilines is 1. The van der Waals surface area contributed by atoms with Crippen molar-refractivity contribution in [2.45, 2.75) is 34.6 Å². The Labute approximate surface area is 172 Å². The van der Waals surface area contributed by atoms with E-state index in [0.717, 1.165) is 28.2 Å². The second kappa shape index (κ2) is 8.20. The van der Waals surface area contributed by atoms with Gasteiger partial charge in [0, 0.05) is 22.8 Å². The zero-order valence-electron chi connectivity index (χ0n) is 17.5. The van der Waals surface area contributed by atoms with Crippen molar-refractivity contribution in [1.82, 2.24) is 4.57 Å². The van der Waals surface area contributed by atoms with E-state index in [-0.39, 0.29) is 5.57 Å². The zero-order valence-corrected chi connectivity index (χ0v) is 17.5. The zero-order chi connectivity index (χ0) is 21.1. The number of para-hydroxylation sites is 1. The fourth-order valence-corrected chi connectivity index (χ4v) is 3.47. The maximum atomic E-state index is 12.7. The van der Waals surface area contributed by atoms with Crippen molar-refractivity contribution in [2.75, 3.05) is 5.32 Å². The summed E-state index contributed by atoms with van der Waals surface area (Å²) in [6.07, 6.45) is 1.66. The Balaban J connectivity index is 1.99. The molecule has 0 atom stereocenters. The number of carbonyl (C=O) groups is 1. The van der Waals surface area contributed by atoms with Gasteiger partial charge in [0.2, 0.25) is 0 Å². The first-order chi connectivity index (χ1) is 13.8. The van der Waals surface area contributed by atoms with Gasteiger partial charge in [-0.15, -0.1) is 0 Å². The molecule has 3 aromatic rings. The van der Waals surface area contributed by atoms with Gasteiger partial charge >= 0.3 is 0 Å². The molecule has 0 aliphatic carbocycles. The number of nitriles is 1. The molecule has 4 heteroatoms. The number of nitrogens with zero attached hydrogens (tertiary/aromatic N) is 2. The molecule has 0 aliphatic heterocycles. The molecule has 1 amide bonds. The van der Waals surface area contributed by atoms with E-state index in [0.29, 0.717) is 5.69 Å². The summed E-state index contributed by atoms with van der Waals surface area (Å²) in [5, 5.41) is 12.4. The summed E-state index contributed by atoms with van der Waals surface area (Å²) >= 11 is 0. The SMILES string of the molecule is Cc1ccc(C)c(-n2c(C)cc(/C=C(/C#N)C(=O)Nc3ccccc3C)c2C)c1. The molecule has 0 saturated heterocycles. The van der Waals surface area contributed by atoms with E-state index in [1.807, 2.05) is 57.2 Å². The number of amides is 1. The number of aryl methyl sites for hydroxylation is 4. The van der Waals surface area contributed by atoms with Crippen LogP contribution in [0.4, 0.5) is 5.69 Å². The highest BCUT2D eigenvalue weighted by Gasteiger charge is 2.15. The first kappa shape index (κ1) is 20.2. The molecule has 0 aliphatic rings. The number of carbonyl (C=O) groups excluding carboxylic acids is 1. The molecule has 0 radical (unpaired) electrons. The number of benzene rings is 2. The van der Waals surface area contributed by atoms with Crippen LogP contribution in [0.2, 0.25) is 0 Å². The summed E-state index contributed by atoms with van der Waals surface area (Å²) in [4.78, 5) is 12.7. The highest BCUT2D eigenvalue weighted by atomic mass is 16.1. The van der Waals surface area contributed by atoms with Gasteiger partial charge in [-0.3, -0.25) is 4.79 Å². The molecule has 1 N–H and O–H groups in total. The predicted octanol–water partition coefficient (Wildman–Crippen LogP) is 5.57. The maximum absolute atomic E-state index is 12.7. The molecule has 0 spiro atoms. The van der Waals surface area contributed by atoms with Gasteiger partial charge in [0.15, 0.2) is 0 Å². The molecular formula is C25H25N3O. The standard InChI is InChI=1S/C25H25N3O/c1-16-10-11-18(3)24(12-16)28-19(4)13-21(20(28)5)14-22(15-26)25(29)27-23-9-7-6-8-17(23)2/h6-14H,1-5H3,(H,27,29)/b22-14-. The van der Waals surface area contributed by atoms with E-state index < -0.39 is 5.91 Å². The van der Waals surface area contributed by atoms with Gasteiger partial charge in [-0.2, -0.15) is 5.26 Å². The summed E-state index contributed by atoms with van der Waals surface area (Å²) in [5.74, 6) is -0.404. The third-order valence-corrected chi connectivity index (χ3v) is 5.13. The van der Waals surface area contributed by atoms with E-state index in [1.54, 1.807) is 6.08 Å². The van der Waals surface area contributed by atoms with E-state index in [4.69, 9.17) is 0 Å². The Bertz CT molecular complexity index is 1160. The van der Waals surface area contributed by atoms with Crippen molar-refractivity contribution < 1.29 is 4.79 Å². The fraction of sp³-hybridized carbons (Fsp3) is 0.200. The maximum Gasteiger partial charge on any atom is 0.266 e. The van der Waals surface area contributed by atoms with Crippen LogP contribution in [0.25, 0.3) is 11.8 Å². The second-order valence-electron chi connectivity index (χ2n) is 7.39. The lowest BCUT2D eigenvalue weighted by Crippen LogP contribution is -2.14. The van der Waals surface area contributed by atoms with Crippen LogP contribution in [0.5, 0.6) is 0 Å². The molecule has 4 nitrogen and oxygen atoms in total. The molecule has 0 fully saturated rings. The van der Waals surface area contributed by atoms with Gasteiger partial charge < -0.3 is 9.88 Å². The molecule has 1 heterocycles. The molecule has 0 bridgehead atoms. The Morgan fingerprint density at radius 2 is 1.72 bits per heavy atom. The summed E-state index contributed by atoms with van der Waals surface area (Å²) in [5.41, 5.74) is 8.12. The normalized spacial score (nSPS) is 11.2. The van der Waals surface area contributed by atoms with Gasteiger partial charge in [-0.1, -0.05) is 30.3 Å². The summed E-state index contributed by atoms with van der Waals surface area (Å²) in [6, 6.07) is 17.9. The Kier molecular flexibility index (Phi) is 5.70. The van der Waals surface area contributed by atoms with Crippen molar-refractivity contribution in [3.8, 4) is 11.8 Å². The van der Waals surface area contributed by atoms with Crippen LogP contribution in [-0.2, 0) is 4.79 Å². The molecular weight excluding hydrogens is 358 g/mol. The molecule has 1 aromatic heterocycles. The van der Waals surface area contributed by atoms with E-state index in [2.05, 4.69) is 41.9 Å². The summed E-state index contributed by atoms with van der Waals surface area (Å²) in [6.45, 7) is 10.1. The minimum atomic E-state index is -0.404. The molecule has 146 valence electrons. The van der Waals surface area contributed by atoms with Crippen LogP contribution in [0.15, 0.2) is 54.1 Å². The second-order valence-corrected chi connectivity index (χ2v) is 7.39. The topological polar surface area (TPSA) is 57.8 Å². The minimum Gasteiger partial charge on any atom is -0.321 e. The van der Waals surface area contributed by atoms with Gasteiger partial charge in [-0.05, 0) is 81.1 Å². The number of nitrogens with one attached hydrogen (secondary N) is 1. The monoisotopic (exact) mass is 383 g/mol. The van der Waals surface area contributed by atoms with Crippen LogP contribution in [0.1, 0.15) is 33.6 Å². The van der Waals surface area contributed by atoms with Crippen LogP contribution < -0.4 is 5.32 Å². The Hall–Kier alpha value is -3.58. The summed E-state index contributed by atoms with van der Waals surface area (Å²) in [7, 11) is 0. The molecule has 29 heavy (non-hydrogen) atoms. The lowest BCUT2D eigenvalue weighted by atomic mass is 10.1. The smallest absolute Gasteiger partial charge is 0.266 e. The number of rotatable bonds is 4. The number of aromatic nitrogens is 1. The van der Waals surface area contributed by atoms with Gasteiger partial charge in [0.25, 0.3) is 5.91 Å². The Morgan fingerprint density at radius 1 is 1.00 bits per heavy atom. The predicted molar refractivity (Wildman–Crippen MR) is 118 cm³/mol. The van der Waals surface area contributed by atoms with Crippen molar-refractivity contribution >= 4 is 17.7 Å². The minimum absolute atomic E-state index is 0.0782. The van der Waals surface area contributed by atoms with Gasteiger partial charge in [0.1, 0.15) is 11.6 Å². The molecule has 2 aromatic carbocycles. The van der Waals surface area contributed by atoms with Crippen molar-refractivity contribution in [1.29, 1.82) is 5.26 Å². The van der Waals surface area contributed by atoms with Crippen LogP contribution in [0.3, 0.4) is 0 Å². The highest BCUT2D eigenvalue weighted by molar-refractivity contribution is 6.10. The molecule has 3 rings (SSSR count). The number of hydrogen-bond donors (Lipinski definition) is 1. The third-order valence-electron chi connectivity index (χ3n) is 5.13. The van der Waals surface area contributed by atoms with Crippen LogP contribution >= 0.6 is 0 Å². The quantitative estimate of drug-likeness (QED) is 0.473. The van der Waals surface area contributed by atoms with Crippen LogP contribution in [-0.4, -0.2) is 10.5 Å². The molecule has 0 saturated carbocycles. The van der Waals surface area contributed by atoms with Crippen molar-refractivity contribution in [3.63, 3.8) is 0 Å². The average Bonchev–Trinajstić information content (AvgIpc) is 2.96. The third kappa shape index (κ3) is 4.14. The Morgan fingerprint density at radius 3 is 2.41 bits per heavy atom.